The van der Waals surface area contributed by atoms with Gasteiger partial charge in [0.2, 0.25) is 5.91 Å². The maximum absolute atomic E-state index is 12.3. The molecule has 2 aromatic rings. The van der Waals surface area contributed by atoms with Crippen molar-refractivity contribution in [3.63, 3.8) is 0 Å². The second-order valence-corrected chi connectivity index (χ2v) is 6.33. The smallest absolute Gasteiger partial charge is 0.223 e. The van der Waals surface area contributed by atoms with E-state index in [2.05, 4.69) is 6.92 Å². The first-order chi connectivity index (χ1) is 10.1. The Balaban J connectivity index is 0.00000176. The highest BCUT2D eigenvalue weighted by Gasteiger charge is 2.34. The van der Waals surface area contributed by atoms with Gasteiger partial charge >= 0.3 is 0 Å². The van der Waals surface area contributed by atoms with Gasteiger partial charge in [0.05, 0.1) is 0 Å². The minimum atomic E-state index is 0. The number of hydrogen-bond donors (Lipinski definition) is 1. The van der Waals surface area contributed by atoms with E-state index in [0.717, 1.165) is 36.2 Å². The van der Waals surface area contributed by atoms with Gasteiger partial charge in [-0.15, -0.1) is 12.4 Å². The number of likely N-dealkylation sites (tertiary alicyclic amines) is 1. The summed E-state index contributed by atoms with van der Waals surface area (Å²) >= 11 is 0. The lowest BCUT2D eigenvalue weighted by Gasteiger charge is -2.22. The molecule has 1 aliphatic rings. The molecule has 1 aromatic heterocycles. The molecule has 4 nitrogen and oxygen atoms in total. The Labute approximate surface area is 137 Å². The summed E-state index contributed by atoms with van der Waals surface area (Å²) in [4.78, 5) is 14.2. The van der Waals surface area contributed by atoms with Crippen LogP contribution >= 0.6 is 12.4 Å². The molecule has 3 rings (SSSR count). The summed E-state index contributed by atoms with van der Waals surface area (Å²) < 4.78 is 5.75. The van der Waals surface area contributed by atoms with Crippen LogP contribution in [0.15, 0.2) is 34.7 Å². The minimum Gasteiger partial charge on any atom is -0.461 e. The Bertz CT molecular complexity index is 622. The highest BCUT2D eigenvalue weighted by atomic mass is 35.5. The van der Waals surface area contributed by atoms with Crippen LogP contribution in [0.25, 0.3) is 11.0 Å². The Hall–Kier alpha value is -1.52. The molecular weight excluding hydrogens is 300 g/mol. The van der Waals surface area contributed by atoms with Gasteiger partial charge < -0.3 is 15.1 Å². The van der Waals surface area contributed by atoms with Crippen LogP contribution in [0.1, 0.15) is 25.5 Å². The summed E-state index contributed by atoms with van der Waals surface area (Å²) in [5.74, 6) is 1.08. The third kappa shape index (κ3) is 3.45. The van der Waals surface area contributed by atoms with Crippen LogP contribution in [-0.2, 0) is 11.2 Å². The van der Waals surface area contributed by atoms with Crippen molar-refractivity contribution in [1.82, 2.24) is 4.90 Å². The topological polar surface area (TPSA) is 59.5 Å². The van der Waals surface area contributed by atoms with Crippen LogP contribution in [0.4, 0.5) is 0 Å². The molecule has 1 atom stereocenters. The fourth-order valence-electron chi connectivity index (χ4n) is 2.95. The SMILES string of the molecule is CC1(CN)CCN(C(=O)CCc2cc3ccccc3o2)C1.Cl. The third-order valence-electron chi connectivity index (χ3n) is 4.47. The molecule has 1 unspecified atom stereocenters. The standard InChI is InChI=1S/C17H22N2O2.ClH/c1-17(11-18)8-9-19(12-17)16(20)7-6-14-10-13-4-2-3-5-15(13)21-14;/h2-5,10H,6-9,11-12,18H2,1H3;1H. The van der Waals surface area contributed by atoms with Crippen LogP contribution in [0, 0.1) is 5.41 Å². The molecule has 1 saturated heterocycles. The fourth-order valence-corrected chi connectivity index (χ4v) is 2.95. The van der Waals surface area contributed by atoms with Crippen molar-refractivity contribution in [1.29, 1.82) is 0 Å². The number of nitrogens with zero attached hydrogens (tertiary/aromatic N) is 1. The van der Waals surface area contributed by atoms with Crippen LogP contribution in [0.2, 0.25) is 0 Å². The molecule has 0 radical (unpaired) electrons. The summed E-state index contributed by atoms with van der Waals surface area (Å²) in [5, 5.41) is 1.09. The first kappa shape index (κ1) is 16.8. The number of benzene rings is 1. The molecule has 0 aliphatic carbocycles. The molecule has 2 N–H and O–H groups in total. The van der Waals surface area contributed by atoms with Crippen molar-refractivity contribution in [3.05, 3.63) is 36.1 Å². The molecule has 1 fully saturated rings. The average molecular weight is 323 g/mol. The van der Waals surface area contributed by atoms with Crippen molar-refractivity contribution < 1.29 is 9.21 Å². The van der Waals surface area contributed by atoms with Crippen molar-refractivity contribution in [3.8, 4) is 0 Å². The molecule has 1 amide bonds. The lowest BCUT2D eigenvalue weighted by molar-refractivity contribution is -0.130. The molecular formula is C17H23ClN2O2. The first-order valence-electron chi connectivity index (χ1n) is 7.55. The second kappa shape index (κ2) is 6.71. The van der Waals surface area contributed by atoms with Gasteiger partial charge in [0.25, 0.3) is 0 Å². The lowest BCUT2D eigenvalue weighted by atomic mass is 9.90. The quantitative estimate of drug-likeness (QED) is 0.941. The zero-order chi connectivity index (χ0) is 14.9. The maximum Gasteiger partial charge on any atom is 0.223 e. The van der Waals surface area contributed by atoms with Gasteiger partial charge in [0.1, 0.15) is 11.3 Å². The monoisotopic (exact) mass is 322 g/mol. The molecule has 1 aromatic carbocycles. The number of halogens is 1. The van der Waals surface area contributed by atoms with Gasteiger partial charge in [0, 0.05) is 31.3 Å². The van der Waals surface area contributed by atoms with Crippen molar-refractivity contribution in [2.45, 2.75) is 26.2 Å². The summed E-state index contributed by atoms with van der Waals surface area (Å²) in [7, 11) is 0. The summed E-state index contributed by atoms with van der Waals surface area (Å²) in [6, 6.07) is 9.95. The van der Waals surface area contributed by atoms with Crippen LogP contribution in [-0.4, -0.2) is 30.4 Å². The van der Waals surface area contributed by atoms with Crippen molar-refractivity contribution >= 4 is 29.3 Å². The number of para-hydroxylation sites is 1. The molecule has 5 heteroatoms. The maximum atomic E-state index is 12.3. The van der Waals surface area contributed by atoms with Crippen LogP contribution in [0.3, 0.4) is 0 Å². The Morgan fingerprint density at radius 1 is 1.41 bits per heavy atom. The van der Waals surface area contributed by atoms with E-state index in [1.807, 2.05) is 35.2 Å². The van der Waals surface area contributed by atoms with Gasteiger partial charge in [-0.1, -0.05) is 25.1 Å². The molecule has 0 bridgehead atoms. The average Bonchev–Trinajstić information content (AvgIpc) is 3.08. The van der Waals surface area contributed by atoms with E-state index < -0.39 is 0 Å². The molecule has 0 spiro atoms. The number of nitrogens with two attached hydrogens (primary N) is 1. The van der Waals surface area contributed by atoms with Gasteiger partial charge in [0.15, 0.2) is 0 Å². The molecule has 120 valence electrons. The van der Waals surface area contributed by atoms with E-state index in [1.54, 1.807) is 0 Å². The Kier molecular flexibility index (Phi) is 5.14. The molecule has 0 saturated carbocycles. The zero-order valence-electron chi connectivity index (χ0n) is 12.9. The second-order valence-electron chi connectivity index (χ2n) is 6.33. The number of aryl methyl sites for hydroxylation is 1. The number of rotatable bonds is 4. The van der Waals surface area contributed by atoms with Crippen molar-refractivity contribution in [2.24, 2.45) is 11.1 Å². The van der Waals surface area contributed by atoms with Crippen LogP contribution < -0.4 is 5.73 Å². The highest BCUT2D eigenvalue weighted by molar-refractivity contribution is 5.85. The lowest BCUT2D eigenvalue weighted by Crippen LogP contribution is -2.34. The molecule has 1 aliphatic heterocycles. The van der Waals surface area contributed by atoms with Crippen molar-refractivity contribution in [2.75, 3.05) is 19.6 Å². The fraction of sp³-hybridized carbons (Fsp3) is 0.471. The number of furan rings is 1. The predicted molar refractivity (Wildman–Crippen MR) is 90.1 cm³/mol. The Morgan fingerprint density at radius 2 is 2.18 bits per heavy atom. The highest BCUT2D eigenvalue weighted by Crippen LogP contribution is 2.29. The number of carbonyl (C=O) groups excluding carboxylic acids is 1. The van der Waals surface area contributed by atoms with Gasteiger partial charge in [-0.3, -0.25) is 4.79 Å². The normalized spacial score (nSPS) is 21.1. The minimum absolute atomic E-state index is 0. The van der Waals surface area contributed by atoms with E-state index in [9.17, 15) is 4.79 Å². The van der Waals surface area contributed by atoms with Gasteiger partial charge in [-0.25, -0.2) is 0 Å². The first-order valence-corrected chi connectivity index (χ1v) is 7.55. The predicted octanol–water partition coefficient (Wildman–Crippen LogP) is 2.98. The van der Waals surface area contributed by atoms with Gasteiger partial charge in [-0.2, -0.15) is 0 Å². The van der Waals surface area contributed by atoms with E-state index in [-0.39, 0.29) is 23.7 Å². The van der Waals surface area contributed by atoms with E-state index in [4.69, 9.17) is 10.2 Å². The van der Waals surface area contributed by atoms with E-state index >= 15 is 0 Å². The molecule has 2 heterocycles. The van der Waals surface area contributed by atoms with Gasteiger partial charge in [-0.05, 0) is 30.5 Å². The largest absolute Gasteiger partial charge is 0.461 e. The van der Waals surface area contributed by atoms with E-state index in [0.29, 0.717) is 19.4 Å². The van der Waals surface area contributed by atoms with Crippen LogP contribution in [0.5, 0.6) is 0 Å². The summed E-state index contributed by atoms with van der Waals surface area (Å²) in [6.45, 7) is 4.40. The number of fused-ring (bicyclic) bond motifs is 1. The third-order valence-corrected chi connectivity index (χ3v) is 4.47. The number of amides is 1. The number of hydrogen-bond acceptors (Lipinski definition) is 3. The summed E-state index contributed by atoms with van der Waals surface area (Å²) in [6.07, 6.45) is 2.16. The zero-order valence-corrected chi connectivity index (χ0v) is 13.7. The van der Waals surface area contributed by atoms with E-state index in [1.165, 1.54) is 0 Å². The summed E-state index contributed by atoms with van der Waals surface area (Å²) in [5.41, 5.74) is 6.76. The molecule has 22 heavy (non-hydrogen) atoms. The number of carbonyl (C=O) groups is 1. The Morgan fingerprint density at radius 3 is 2.86 bits per heavy atom.